The Kier molecular flexibility index (Phi) is 3.74. The topological polar surface area (TPSA) is 73.1 Å². The van der Waals surface area contributed by atoms with Crippen molar-refractivity contribution in [3.05, 3.63) is 60.7 Å². The van der Waals surface area contributed by atoms with E-state index in [1.165, 1.54) is 18.5 Å². The molecule has 4 aromatic rings. The quantitative estimate of drug-likeness (QED) is 0.603. The molecule has 0 bridgehead atoms. The fourth-order valence-corrected chi connectivity index (χ4v) is 2.52. The van der Waals surface area contributed by atoms with Crippen LogP contribution in [-0.2, 0) is 0 Å². The van der Waals surface area contributed by atoms with Crippen LogP contribution in [0.1, 0.15) is 0 Å². The molecule has 0 aliphatic heterocycles. The third-order valence-electron chi connectivity index (χ3n) is 3.72. The number of rotatable bonds is 4. The lowest BCUT2D eigenvalue weighted by Crippen LogP contribution is -1.96. The number of nitrogens with zero attached hydrogens (tertiary/aromatic N) is 3. The molecule has 1 N–H and O–H groups in total. The summed E-state index contributed by atoms with van der Waals surface area (Å²) >= 11 is 0. The van der Waals surface area contributed by atoms with E-state index >= 15 is 0 Å². The Hall–Kier alpha value is -3.48. The number of aromatic nitrogens is 3. The van der Waals surface area contributed by atoms with E-state index in [-0.39, 0.29) is 5.82 Å². The molecular weight excluding hydrogens is 323 g/mol. The van der Waals surface area contributed by atoms with Gasteiger partial charge in [-0.1, -0.05) is 17.3 Å². The molecule has 0 unspecified atom stereocenters. The van der Waals surface area contributed by atoms with Crippen molar-refractivity contribution < 1.29 is 13.7 Å². The minimum Gasteiger partial charge on any atom is -0.497 e. The van der Waals surface area contributed by atoms with Gasteiger partial charge in [0.2, 0.25) is 0 Å². The van der Waals surface area contributed by atoms with Crippen LogP contribution in [0, 0.1) is 5.82 Å². The molecule has 0 spiro atoms. The van der Waals surface area contributed by atoms with Gasteiger partial charge in [0.05, 0.1) is 7.11 Å². The van der Waals surface area contributed by atoms with Crippen molar-refractivity contribution >= 4 is 22.6 Å². The molecule has 0 aliphatic carbocycles. The Morgan fingerprint density at radius 1 is 1.08 bits per heavy atom. The summed E-state index contributed by atoms with van der Waals surface area (Å²) in [4.78, 5) is 8.39. The van der Waals surface area contributed by atoms with Crippen LogP contribution in [-0.4, -0.2) is 22.2 Å². The van der Waals surface area contributed by atoms with Gasteiger partial charge in [-0.2, -0.15) is 4.98 Å². The van der Waals surface area contributed by atoms with Crippen LogP contribution in [0.4, 0.5) is 15.9 Å². The van der Waals surface area contributed by atoms with Crippen LogP contribution < -0.4 is 10.1 Å². The first-order chi connectivity index (χ1) is 12.2. The maximum atomic E-state index is 13.1. The highest BCUT2D eigenvalue weighted by atomic mass is 19.1. The maximum Gasteiger partial charge on any atom is 0.263 e. The van der Waals surface area contributed by atoms with E-state index < -0.39 is 0 Å². The summed E-state index contributed by atoms with van der Waals surface area (Å²) in [5.41, 5.74) is 2.46. The maximum absolute atomic E-state index is 13.1. The average Bonchev–Trinajstić information content (AvgIpc) is 3.09. The zero-order chi connectivity index (χ0) is 17.2. The third-order valence-corrected chi connectivity index (χ3v) is 3.72. The van der Waals surface area contributed by atoms with Crippen molar-refractivity contribution in [1.82, 2.24) is 15.1 Å². The Bertz CT molecular complexity index is 1030. The van der Waals surface area contributed by atoms with Gasteiger partial charge >= 0.3 is 0 Å². The lowest BCUT2D eigenvalue weighted by Gasteiger charge is -2.07. The number of halogens is 1. The highest BCUT2D eigenvalue weighted by Crippen LogP contribution is 2.33. The predicted octanol–water partition coefficient (Wildman–Crippen LogP) is 4.18. The summed E-state index contributed by atoms with van der Waals surface area (Å²) in [5, 5.41) is 7.91. The van der Waals surface area contributed by atoms with E-state index in [0.29, 0.717) is 34.0 Å². The van der Waals surface area contributed by atoms with Gasteiger partial charge in [0, 0.05) is 11.3 Å². The molecule has 25 heavy (non-hydrogen) atoms. The van der Waals surface area contributed by atoms with Crippen LogP contribution in [0.5, 0.6) is 5.75 Å². The van der Waals surface area contributed by atoms with Gasteiger partial charge in [0.15, 0.2) is 0 Å². The molecule has 124 valence electrons. The van der Waals surface area contributed by atoms with Crippen LogP contribution in [0.3, 0.4) is 0 Å². The normalized spacial score (nSPS) is 10.8. The number of hydrogen-bond acceptors (Lipinski definition) is 6. The number of hydrogen-bond donors (Lipinski definition) is 1. The predicted molar refractivity (Wildman–Crippen MR) is 91.3 cm³/mol. The Morgan fingerprint density at radius 3 is 2.72 bits per heavy atom. The fourth-order valence-electron chi connectivity index (χ4n) is 2.52. The molecule has 0 aliphatic rings. The first-order valence-electron chi connectivity index (χ1n) is 7.52. The van der Waals surface area contributed by atoms with Gasteiger partial charge in [-0.25, -0.2) is 9.37 Å². The monoisotopic (exact) mass is 336 g/mol. The zero-order valence-electron chi connectivity index (χ0n) is 13.2. The van der Waals surface area contributed by atoms with Gasteiger partial charge < -0.3 is 14.6 Å². The van der Waals surface area contributed by atoms with E-state index in [1.54, 1.807) is 19.2 Å². The second-order valence-electron chi connectivity index (χ2n) is 5.30. The van der Waals surface area contributed by atoms with Gasteiger partial charge in [0.25, 0.3) is 5.71 Å². The number of ether oxygens (including phenoxy) is 1. The van der Waals surface area contributed by atoms with E-state index in [0.717, 1.165) is 5.56 Å². The number of fused-ring (bicyclic) bond motifs is 1. The minimum absolute atomic E-state index is 0.305. The van der Waals surface area contributed by atoms with Crippen molar-refractivity contribution in [2.75, 3.05) is 12.4 Å². The van der Waals surface area contributed by atoms with Crippen molar-refractivity contribution in [2.24, 2.45) is 0 Å². The molecule has 4 rings (SSSR count). The summed E-state index contributed by atoms with van der Waals surface area (Å²) in [7, 11) is 1.60. The summed E-state index contributed by atoms with van der Waals surface area (Å²) in [6.45, 7) is 0. The van der Waals surface area contributed by atoms with E-state index in [2.05, 4.69) is 20.4 Å². The van der Waals surface area contributed by atoms with Crippen LogP contribution >= 0.6 is 0 Å². The van der Waals surface area contributed by atoms with Crippen molar-refractivity contribution in [3.63, 3.8) is 0 Å². The van der Waals surface area contributed by atoms with Gasteiger partial charge in [-0.3, -0.25) is 0 Å². The van der Waals surface area contributed by atoms with Gasteiger partial charge in [0.1, 0.15) is 34.8 Å². The van der Waals surface area contributed by atoms with Gasteiger partial charge in [-0.05, 0) is 36.4 Å². The second kappa shape index (κ2) is 6.20. The summed E-state index contributed by atoms with van der Waals surface area (Å²) in [6.07, 6.45) is 1.38. The lowest BCUT2D eigenvalue weighted by atomic mass is 10.1. The first-order valence-corrected chi connectivity index (χ1v) is 7.52. The number of benzene rings is 2. The molecule has 0 atom stereocenters. The molecular formula is C18H13FN4O2. The Morgan fingerprint density at radius 2 is 1.92 bits per heavy atom. The summed E-state index contributed by atoms with van der Waals surface area (Å²) < 4.78 is 23.7. The van der Waals surface area contributed by atoms with Crippen LogP contribution in [0.25, 0.3) is 22.4 Å². The van der Waals surface area contributed by atoms with Crippen molar-refractivity contribution in [3.8, 4) is 17.0 Å². The summed E-state index contributed by atoms with van der Waals surface area (Å²) in [6, 6.07) is 13.5. The lowest BCUT2D eigenvalue weighted by molar-refractivity contribution is 0.415. The highest BCUT2D eigenvalue weighted by Gasteiger charge is 2.17. The van der Waals surface area contributed by atoms with E-state index in [4.69, 9.17) is 9.26 Å². The largest absolute Gasteiger partial charge is 0.497 e. The molecule has 7 heteroatoms. The van der Waals surface area contributed by atoms with Crippen LogP contribution in [0.2, 0.25) is 0 Å². The molecule has 2 heterocycles. The van der Waals surface area contributed by atoms with Crippen LogP contribution in [0.15, 0.2) is 59.4 Å². The fraction of sp³-hybridized carbons (Fsp3) is 0.0556. The highest BCUT2D eigenvalue weighted by molar-refractivity contribution is 5.98. The van der Waals surface area contributed by atoms with Crippen molar-refractivity contribution in [2.45, 2.75) is 0 Å². The van der Waals surface area contributed by atoms with Crippen molar-refractivity contribution in [1.29, 1.82) is 0 Å². The average molecular weight is 336 g/mol. The summed E-state index contributed by atoms with van der Waals surface area (Å²) in [5.74, 6) is 0.926. The zero-order valence-corrected chi connectivity index (χ0v) is 13.2. The number of methoxy groups -OCH3 is 1. The Balaban J connectivity index is 1.82. The second-order valence-corrected chi connectivity index (χ2v) is 5.30. The van der Waals surface area contributed by atoms with E-state index in [9.17, 15) is 4.39 Å². The third kappa shape index (κ3) is 2.87. The first kappa shape index (κ1) is 15.1. The molecule has 2 aromatic heterocycles. The SMILES string of the molecule is COc1cccc(-c2noc3ncnc(Nc4ccc(F)cc4)c23)c1. The van der Waals surface area contributed by atoms with Gasteiger partial charge in [-0.15, -0.1) is 0 Å². The minimum atomic E-state index is -0.305. The molecule has 2 aromatic carbocycles. The molecule has 0 radical (unpaired) electrons. The number of anilines is 2. The van der Waals surface area contributed by atoms with E-state index in [1.807, 2.05) is 24.3 Å². The smallest absolute Gasteiger partial charge is 0.263 e. The molecule has 0 saturated heterocycles. The number of nitrogens with one attached hydrogen (secondary N) is 1. The Labute approximate surface area is 142 Å². The molecule has 0 fully saturated rings. The standard InChI is InChI=1S/C18H13FN4O2/c1-24-14-4-2-3-11(9-14)16-15-17(20-10-21-18(15)25-23-16)22-13-7-5-12(19)6-8-13/h2-10H,1H3,(H,20,21,22). The molecule has 6 nitrogen and oxygen atoms in total. The molecule has 0 saturated carbocycles. The molecule has 0 amide bonds.